The fourth-order valence-electron chi connectivity index (χ4n) is 0.963. The Morgan fingerprint density at radius 3 is 2.70 bits per heavy atom. The van der Waals surface area contributed by atoms with Crippen LogP contribution in [0.3, 0.4) is 0 Å². The summed E-state index contributed by atoms with van der Waals surface area (Å²) in [6, 6.07) is 0. The molecule has 0 saturated heterocycles. The normalized spacial score (nSPS) is 18.1. The van der Waals surface area contributed by atoms with Crippen molar-refractivity contribution >= 4 is 0 Å². The largest absolute Gasteiger partial charge is 0.497 e. The maximum atomic E-state index is 5.14. The smallest absolute Gasteiger partial charge is 0.121 e. The van der Waals surface area contributed by atoms with E-state index in [2.05, 4.69) is 12.2 Å². The van der Waals surface area contributed by atoms with Crippen LogP contribution < -0.4 is 5.32 Å². The van der Waals surface area contributed by atoms with Gasteiger partial charge < -0.3 is 10.1 Å². The predicted molar refractivity (Wildman–Crippen MR) is 41.5 cm³/mol. The van der Waals surface area contributed by atoms with E-state index in [0.717, 1.165) is 12.3 Å². The van der Waals surface area contributed by atoms with E-state index in [-0.39, 0.29) is 0 Å². The van der Waals surface area contributed by atoms with Crippen LogP contribution in [0.2, 0.25) is 0 Å². The first-order valence-electron chi connectivity index (χ1n) is 3.40. The molecule has 1 rings (SSSR count). The Labute approximate surface area is 61.6 Å². The maximum Gasteiger partial charge on any atom is 0.121 e. The van der Waals surface area contributed by atoms with E-state index in [0.29, 0.717) is 0 Å². The standard InChI is InChI=1S/C8H13NO/c1-6-5-9-7(2)4-8(6)10-3/h4,9H,5H2,1-3H3. The lowest BCUT2D eigenvalue weighted by Crippen LogP contribution is -2.19. The Morgan fingerprint density at radius 1 is 1.50 bits per heavy atom. The summed E-state index contributed by atoms with van der Waals surface area (Å²) in [5.41, 5.74) is 2.43. The molecule has 0 aromatic heterocycles. The summed E-state index contributed by atoms with van der Waals surface area (Å²) in [7, 11) is 1.70. The number of dihydropyridines is 1. The van der Waals surface area contributed by atoms with Crippen LogP contribution in [0.5, 0.6) is 0 Å². The molecule has 0 aliphatic carbocycles. The minimum atomic E-state index is 0.908. The van der Waals surface area contributed by atoms with Gasteiger partial charge in [0.05, 0.1) is 7.11 Å². The van der Waals surface area contributed by atoms with E-state index in [4.69, 9.17) is 4.74 Å². The molecule has 0 amide bonds. The van der Waals surface area contributed by atoms with Gasteiger partial charge in [0.1, 0.15) is 5.76 Å². The van der Waals surface area contributed by atoms with Crippen molar-refractivity contribution in [3.8, 4) is 0 Å². The molecule has 0 radical (unpaired) electrons. The van der Waals surface area contributed by atoms with Crippen LogP contribution in [0, 0.1) is 0 Å². The minimum absolute atomic E-state index is 0.908. The van der Waals surface area contributed by atoms with Gasteiger partial charge in [-0.3, -0.25) is 0 Å². The van der Waals surface area contributed by atoms with Crippen molar-refractivity contribution in [3.05, 3.63) is 23.1 Å². The van der Waals surface area contributed by atoms with E-state index in [1.807, 2.05) is 13.0 Å². The van der Waals surface area contributed by atoms with Crippen LogP contribution in [-0.2, 0) is 4.74 Å². The third-order valence-electron chi connectivity index (χ3n) is 1.62. The quantitative estimate of drug-likeness (QED) is 0.593. The third-order valence-corrected chi connectivity index (χ3v) is 1.62. The Morgan fingerprint density at radius 2 is 2.20 bits per heavy atom. The highest BCUT2D eigenvalue weighted by Gasteiger charge is 2.05. The molecule has 0 bridgehead atoms. The highest BCUT2D eigenvalue weighted by atomic mass is 16.5. The topological polar surface area (TPSA) is 21.3 Å². The molecule has 0 aromatic rings. The summed E-state index contributed by atoms with van der Waals surface area (Å²) in [6.07, 6.45) is 2.01. The van der Waals surface area contributed by atoms with Gasteiger partial charge in [-0.25, -0.2) is 0 Å². The van der Waals surface area contributed by atoms with Gasteiger partial charge in [-0.1, -0.05) is 0 Å². The maximum absolute atomic E-state index is 5.14. The second-order valence-corrected chi connectivity index (χ2v) is 2.53. The molecule has 0 unspecified atom stereocenters. The zero-order valence-corrected chi connectivity index (χ0v) is 6.69. The predicted octanol–water partition coefficient (Wildman–Crippen LogP) is 1.41. The Hall–Kier alpha value is -0.920. The van der Waals surface area contributed by atoms with E-state index in [1.54, 1.807) is 7.11 Å². The van der Waals surface area contributed by atoms with Gasteiger partial charge in [-0.15, -0.1) is 0 Å². The first-order chi connectivity index (χ1) is 4.74. The van der Waals surface area contributed by atoms with E-state index in [1.165, 1.54) is 11.3 Å². The highest BCUT2D eigenvalue weighted by Crippen LogP contribution is 2.12. The summed E-state index contributed by atoms with van der Waals surface area (Å²) in [4.78, 5) is 0. The van der Waals surface area contributed by atoms with Crippen LogP contribution in [0.1, 0.15) is 13.8 Å². The fourth-order valence-corrected chi connectivity index (χ4v) is 0.963. The monoisotopic (exact) mass is 139 g/mol. The first-order valence-corrected chi connectivity index (χ1v) is 3.40. The van der Waals surface area contributed by atoms with Crippen molar-refractivity contribution < 1.29 is 4.74 Å². The number of allylic oxidation sites excluding steroid dienone is 2. The van der Waals surface area contributed by atoms with E-state index >= 15 is 0 Å². The molecule has 10 heavy (non-hydrogen) atoms. The number of methoxy groups -OCH3 is 1. The second-order valence-electron chi connectivity index (χ2n) is 2.53. The third kappa shape index (κ3) is 1.32. The van der Waals surface area contributed by atoms with Crippen molar-refractivity contribution in [2.45, 2.75) is 13.8 Å². The lowest BCUT2D eigenvalue weighted by molar-refractivity contribution is 0.298. The zero-order valence-electron chi connectivity index (χ0n) is 6.69. The molecule has 0 atom stereocenters. The summed E-state index contributed by atoms with van der Waals surface area (Å²) in [5.74, 6) is 0.997. The number of ether oxygens (including phenoxy) is 1. The molecule has 0 spiro atoms. The average molecular weight is 139 g/mol. The van der Waals surface area contributed by atoms with Crippen LogP contribution in [0.15, 0.2) is 23.1 Å². The zero-order chi connectivity index (χ0) is 7.56. The summed E-state index contributed by atoms with van der Waals surface area (Å²) < 4.78 is 5.14. The Balaban J connectivity index is 2.82. The van der Waals surface area contributed by atoms with E-state index in [9.17, 15) is 0 Å². The molecule has 0 fully saturated rings. The number of hydrogen-bond donors (Lipinski definition) is 1. The van der Waals surface area contributed by atoms with E-state index < -0.39 is 0 Å². The van der Waals surface area contributed by atoms with Crippen molar-refractivity contribution in [1.82, 2.24) is 5.32 Å². The minimum Gasteiger partial charge on any atom is -0.497 e. The fraction of sp³-hybridized carbons (Fsp3) is 0.500. The van der Waals surface area contributed by atoms with Crippen molar-refractivity contribution in [2.75, 3.05) is 13.7 Å². The van der Waals surface area contributed by atoms with Gasteiger partial charge in [0.2, 0.25) is 0 Å². The molecule has 56 valence electrons. The first kappa shape index (κ1) is 7.19. The molecule has 1 aliphatic rings. The van der Waals surface area contributed by atoms with Gasteiger partial charge in [0.25, 0.3) is 0 Å². The summed E-state index contributed by atoms with van der Waals surface area (Å²) >= 11 is 0. The second kappa shape index (κ2) is 2.78. The van der Waals surface area contributed by atoms with Gasteiger partial charge in [-0.05, 0) is 25.5 Å². The number of rotatable bonds is 1. The van der Waals surface area contributed by atoms with Gasteiger partial charge >= 0.3 is 0 Å². The SMILES string of the molecule is COC1=C(C)CNC(C)=C1. The lowest BCUT2D eigenvalue weighted by atomic mass is 10.2. The van der Waals surface area contributed by atoms with Crippen LogP contribution >= 0.6 is 0 Å². The average Bonchev–Trinajstić information content (AvgIpc) is 1.94. The summed E-state index contributed by atoms with van der Waals surface area (Å²) in [5, 5.41) is 3.22. The lowest BCUT2D eigenvalue weighted by Gasteiger charge is -2.16. The molecule has 1 aliphatic heterocycles. The van der Waals surface area contributed by atoms with Gasteiger partial charge in [0.15, 0.2) is 0 Å². The molecule has 2 heteroatoms. The molecular formula is C8H13NO. The van der Waals surface area contributed by atoms with Crippen molar-refractivity contribution in [1.29, 1.82) is 0 Å². The number of nitrogens with one attached hydrogen (secondary N) is 1. The molecule has 2 nitrogen and oxygen atoms in total. The highest BCUT2D eigenvalue weighted by molar-refractivity contribution is 5.27. The number of hydrogen-bond acceptors (Lipinski definition) is 2. The molecular weight excluding hydrogens is 126 g/mol. The molecule has 0 saturated carbocycles. The van der Waals surface area contributed by atoms with Crippen LogP contribution in [-0.4, -0.2) is 13.7 Å². The molecule has 1 N–H and O–H groups in total. The van der Waals surface area contributed by atoms with Gasteiger partial charge in [-0.2, -0.15) is 0 Å². The summed E-state index contributed by atoms with van der Waals surface area (Å²) in [6.45, 7) is 5.01. The molecule has 0 aromatic carbocycles. The van der Waals surface area contributed by atoms with Gasteiger partial charge in [0, 0.05) is 12.2 Å². The van der Waals surface area contributed by atoms with Crippen LogP contribution in [0.25, 0.3) is 0 Å². The Bertz CT molecular complexity index is 191. The Kier molecular flexibility index (Phi) is 2.00. The van der Waals surface area contributed by atoms with Crippen molar-refractivity contribution in [2.24, 2.45) is 0 Å². The van der Waals surface area contributed by atoms with Crippen molar-refractivity contribution in [3.63, 3.8) is 0 Å². The van der Waals surface area contributed by atoms with Crippen LogP contribution in [0.4, 0.5) is 0 Å². The molecule has 1 heterocycles.